The molecule has 80 valence electrons. The van der Waals surface area contributed by atoms with Crippen LogP contribution in [0.3, 0.4) is 0 Å². The average Bonchev–Trinajstić information content (AvgIpc) is 2.62. The fourth-order valence-electron chi connectivity index (χ4n) is 0.873. The van der Waals surface area contributed by atoms with Crippen LogP contribution in [-0.2, 0) is 6.18 Å². The van der Waals surface area contributed by atoms with Crippen LogP contribution >= 0.6 is 0 Å². The van der Waals surface area contributed by atoms with Crippen LogP contribution in [0.1, 0.15) is 5.56 Å². The molecule has 15 heavy (non-hydrogen) atoms. The molecule has 7 heteroatoms. The van der Waals surface area contributed by atoms with Crippen molar-refractivity contribution in [3.8, 4) is 0 Å². The van der Waals surface area contributed by atoms with Crippen molar-refractivity contribution in [3.05, 3.63) is 35.6 Å². The number of hydrogen-bond acceptors (Lipinski definition) is 2. The standard InChI is InChI=1S/C8H7F3N4/c1-12-4-7(13-2)15-5-6(3-14-15)8(9,10)11/h3-5,12H,1H3/b7-4+. The number of aromatic nitrogens is 2. The van der Waals surface area contributed by atoms with Crippen molar-refractivity contribution in [2.75, 3.05) is 7.05 Å². The second-order valence-corrected chi connectivity index (χ2v) is 2.57. The third kappa shape index (κ3) is 2.49. The molecule has 0 aliphatic carbocycles. The SMILES string of the molecule is [C-]#[N+]/C(=C\NC)n1cc(C(F)(F)F)cn1. The van der Waals surface area contributed by atoms with Crippen molar-refractivity contribution < 1.29 is 13.2 Å². The second kappa shape index (κ2) is 4.04. The van der Waals surface area contributed by atoms with E-state index in [-0.39, 0.29) is 5.82 Å². The first kappa shape index (κ1) is 11.1. The molecule has 0 spiro atoms. The van der Waals surface area contributed by atoms with Gasteiger partial charge in [-0.15, -0.1) is 5.10 Å². The fourth-order valence-corrected chi connectivity index (χ4v) is 0.873. The Kier molecular flexibility index (Phi) is 2.99. The van der Waals surface area contributed by atoms with Gasteiger partial charge in [0.05, 0.1) is 6.20 Å². The third-order valence-electron chi connectivity index (χ3n) is 1.53. The summed E-state index contributed by atoms with van der Waals surface area (Å²) in [6, 6.07) is 0. The van der Waals surface area contributed by atoms with E-state index < -0.39 is 11.7 Å². The summed E-state index contributed by atoms with van der Waals surface area (Å²) >= 11 is 0. The molecular formula is C8H7F3N4. The van der Waals surface area contributed by atoms with E-state index in [1.54, 1.807) is 7.05 Å². The van der Waals surface area contributed by atoms with Crippen molar-refractivity contribution in [1.29, 1.82) is 0 Å². The van der Waals surface area contributed by atoms with Gasteiger partial charge in [-0.1, -0.05) is 6.57 Å². The Morgan fingerprint density at radius 1 is 1.67 bits per heavy atom. The summed E-state index contributed by atoms with van der Waals surface area (Å²) < 4.78 is 37.4. The first-order chi connectivity index (χ1) is 6.99. The van der Waals surface area contributed by atoms with Crippen molar-refractivity contribution in [2.45, 2.75) is 6.18 Å². The van der Waals surface area contributed by atoms with Gasteiger partial charge in [-0.2, -0.15) is 17.9 Å². The van der Waals surface area contributed by atoms with Gasteiger partial charge in [-0.05, 0) is 0 Å². The quantitative estimate of drug-likeness (QED) is 0.765. The summed E-state index contributed by atoms with van der Waals surface area (Å²) in [5.41, 5.74) is -0.881. The summed E-state index contributed by atoms with van der Waals surface area (Å²) in [7, 11) is 1.54. The second-order valence-electron chi connectivity index (χ2n) is 2.57. The highest BCUT2D eigenvalue weighted by molar-refractivity contribution is 5.50. The minimum absolute atomic E-state index is 0.0343. The molecule has 4 nitrogen and oxygen atoms in total. The molecule has 0 radical (unpaired) electrons. The maximum atomic E-state index is 12.2. The molecule has 0 bridgehead atoms. The maximum Gasteiger partial charge on any atom is 0.421 e. The van der Waals surface area contributed by atoms with Gasteiger partial charge in [0.25, 0.3) is 5.82 Å². The van der Waals surface area contributed by atoms with Crippen molar-refractivity contribution in [3.63, 3.8) is 0 Å². The number of nitrogens with one attached hydrogen (secondary N) is 1. The lowest BCUT2D eigenvalue weighted by Crippen LogP contribution is -2.03. The van der Waals surface area contributed by atoms with E-state index in [1.165, 1.54) is 6.20 Å². The van der Waals surface area contributed by atoms with Gasteiger partial charge in [0.1, 0.15) is 11.8 Å². The van der Waals surface area contributed by atoms with Crippen LogP contribution in [0, 0.1) is 6.57 Å². The predicted molar refractivity (Wildman–Crippen MR) is 47.2 cm³/mol. The average molecular weight is 216 g/mol. The van der Waals surface area contributed by atoms with Gasteiger partial charge in [-0.25, -0.2) is 0 Å². The molecule has 0 fully saturated rings. The molecule has 1 aromatic heterocycles. The predicted octanol–water partition coefficient (Wildman–Crippen LogP) is 1.80. The highest BCUT2D eigenvalue weighted by Crippen LogP contribution is 2.28. The van der Waals surface area contributed by atoms with E-state index in [0.29, 0.717) is 6.20 Å². The number of halogens is 3. The van der Waals surface area contributed by atoms with E-state index in [0.717, 1.165) is 10.9 Å². The van der Waals surface area contributed by atoms with Crippen molar-refractivity contribution in [2.24, 2.45) is 0 Å². The Morgan fingerprint density at radius 2 is 2.33 bits per heavy atom. The summed E-state index contributed by atoms with van der Waals surface area (Å²) in [6.45, 7) is 6.74. The van der Waals surface area contributed by atoms with Gasteiger partial charge < -0.3 is 10.2 Å². The van der Waals surface area contributed by atoms with E-state index >= 15 is 0 Å². The Hall–Kier alpha value is -1.97. The molecule has 1 N–H and O–H groups in total. The maximum absolute atomic E-state index is 12.2. The normalized spacial score (nSPS) is 12.3. The number of nitrogens with zero attached hydrogens (tertiary/aromatic N) is 3. The Morgan fingerprint density at radius 3 is 2.73 bits per heavy atom. The van der Waals surface area contributed by atoms with Gasteiger partial charge in [-0.3, -0.25) is 0 Å². The zero-order valence-electron chi connectivity index (χ0n) is 7.71. The van der Waals surface area contributed by atoms with Gasteiger partial charge >= 0.3 is 6.18 Å². The summed E-state index contributed by atoms with van der Waals surface area (Å²) in [5, 5.41) is 5.99. The van der Waals surface area contributed by atoms with E-state index in [2.05, 4.69) is 15.3 Å². The van der Waals surface area contributed by atoms with Crippen LogP contribution in [0.25, 0.3) is 10.7 Å². The van der Waals surface area contributed by atoms with Crippen LogP contribution < -0.4 is 5.32 Å². The molecule has 0 saturated carbocycles. The van der Waals surface area contributed by atoms with Crippen LogP contribution in [0.2, 0.25) is 0 Å². The first-order valence-corrected chi connectivity index (χ1v) is 3.86. The largest absolute Gasteiger partial charge is 0.421 e. The summed E-state index contributed by atoms with van der Waals surface area (Å²) in [5.74, 6) is -0.0343. The Balaban J connectivity index is 3.05. The summed E-state index contributed by atoms with van der Waals surface area (Å²) in [6.07, 6.45) is -1.74. The van der Waals surface area contributed by atoms with Crippen molar-refractivity contribution in [1.82, 2.24) is 15.1 Å². The van der Waals surface area contributed by atoms with Gasteiger partial charge in [0.15, 0.2) is 0 Å². The topological polar surface area (TPSA) is 34.2 Å². The van der Waals surface area contributed by atoms with Crippen LogP contribution in [0.15, 0.2) is 18.6 Å². The minimum Gasteiger partial charge on any atom is -0.402 e. The van der Waals surface area contributed by atoms with E-state index in [4.69, 9.17) is 6.57 Å². The van der Waals surface area contributed by atoms with Crippen LogP contribution in [0.4, 0.5) is 13.2 Å². The number of hydrogen-bond donors (Lipinski definition) is 1. The zero-order chi connectivity index (χ0) is 11.5. The third-order valence-corrected chi connectivity index (χ3v) is 1.53. The minimum atomic E-state index is -4.44. The van der Waals surface area contributed by atoms with E-state index in [1.807, 2.05) is 0 Å². The Bertz CT molecular complexity index is 410. The molecule has 0 atom stereocenters. The molecule has 0 aliphatic rings. The highest BCUT2D eigenvalue weighted by Gasteiger charge is 2.33. The lowest BCUT2D eigenvalue weighted by Gasteiger charge is -1.99. The lowest BCUT2D eigenvalue weighted by molar-refractivity contribution is -0.137. The fraction of sp³-hybridized carbons (Fsp3) is 0.250. The molecular weight excluding hydrogens is 209 g/mol. The number of rotatable bonds is 2. The van der Waals surface area contributed by atoms with Crippen LogP contribution in [0.5, 0.6) is 0 Å². The molecule has 1 heterocycles. The molecule has 0 aliphatic heterocycles. The smallest absolute Gasteiger partial charge is 0.402 e. The molecule has 0 amide bonds. The van der Waals surface area contributed by atoms with Gasteiger partial charge in [0.2, 0.25) is 0 Å². The highest BCUT2D eigenvalue weighted by atomic mass is 19.4. The number of alkyl halides is 3. The molecule has 0 aromatic carbocycles. The molecule has 1 rings (SSSR count). The molecule has 1 aromatic rings. The van der Waals surface area contributed by atoms with Crippen LogP contribution in [-0.4, -0.2) is 16.8 Å². The van der Waals surface area contributed by atoms with E-state index in [9.17, 15) is 13.2 Å². The molecule has 0 saturated heterocycles. The Labute approximate surface area is 83.8 Å². The van der Waals surface area contributed by atoms with Crippen molar-refractivity contribution >= 4 is 5.82 Å². The zero-order valence-corrected chi connectivity index (χ0v) is 7.71. The van der Waals surface area contributed by atoms with Gasteiger partial charge in [0, 0.05) is 13.2 Å². The summed E-state index contributed by atoms with van der Waals surface area (Å²) in [4.78, 5) is 3.03. The molecule has 0 unspecified atom stereocenters. The monoisotopic (exact) mass is 216 g/mol. The lowest BCUT2D eigenvalue weighted by atomic mass is 10.4. The first-order valence-electron chi connectivity index (χ1n) is 3.86.